The van der Waals surface area contributed by atoms with Crippen LogP contribution in [-0.4, -0.2) is 64.6 Å². The summed E-state index contributed by atoms with van der Waals surface area (Å²) >= 11 is 0. The number of hydrogen-bond acceptors (Lipinski definition) is 7. The van der Waals surface area contributed by atoms with Gasteiger partial charge in [-0.1, -0.05) is 19.1 Å². The molecule has 42 heavy (non-hydrogen) atoms. The molecule has 3 aromatic carbocycles. The van der Waals surface area contributed by atoms with Crippen LogP contribution in [0.3, 0.4) is 0 Å². The summed E-state index contributed by atoms with van der Waals surface area (Å²) in [5, 5.41) is 2.80. The number of halogens is 1. The van der Waals surface area contributed by atoms with Crippen LogP contribution in [0.1, 0.15) is 25.8 Å². The number of carbonyl (C=O) groups excluding carboxylic acids is 2. The van der Waals surface area contributed by atoms with Crippen LogP contribution in [0.5, 0.6) is 17.2 Å². The Kier molecular flexibility index (Phi) is 9.89. The molecule has 0 fully saturated rings. The number of rotatable bonds is 12. The summed E-state index contributed by atoms with van der Waals surface area (Å²) in [5.74, 6) is -0.281. The van der Waals surface area contributed by atoms with E-state index in [1.807, 2.05) is 6.92 Å². The highest BCUT2D eigenvalue weighted by molar-refractivity contribution is 7.92. The van der Waals surface area contributed by atoms with Gasteiger partial charge in [-0.25, -0.2) is 12.8 Å². The average molecular weight is 600 g/mol. The van der Waals surface area contributed by atoms with Crippen LogP contribution >= 0.6 is 0 Å². The minimum atomic E-state index is -4.36. The molecule has 1 aliphatic heterocycles. The smallest absolute Gasteiger partial charge is 0.264 e. The highest BCUT2D eigenvalue weighted by Gasteiger charge is 2.33. The number of carbonyl (C=O) groups is 2. The molecule has 0 saturated carbocycles. The largest absolute Gasteiger partial charge is 0.497 e. The average Bonchev–Trinajstić information content (AvgIpc) is 3.01. The SMILES string of the molecule is CCCNC(=O)C(C)N(Cc1ccc(OC)cc1)C(=O)CN(c1ccc(F)cc1)S(=O)(=O)c1ccc2c(c1)OCCO2. The van der Waals surface area contributed by atoms with Crippen molar-refractivity contribution in [3.8, 4) is 17.2 Å². The van der Waals surface area contributed by atoms with Gasteiger partial charge in [0.25, 0.3) is 10.0 Å². The van der Waals surface area contributed by atoms with Gasteiger partial charge in [-0.15, -0.1) is 0 Å². The highest BCUT2D eigenvalue weighted by Crippen LogP contribution is 2.34. The van der Waals surface area contributed by atoms with Crippen molar-refractivity contribution in [3.63, 3.8) is 0 Å². The molecular formula is C30H34FN3O7S. The van der Waals surface area contributed by atoms with Gasteiger partial charge in [0.15, 0.2) is 11.5 Å². The van der Waals surface area contributed by atoms with Crippen LogP contribution in [0.25, 0.3) is 0 Å². The van der Waals surface area contributed by atoms with Crippen molar-refractivity contribution in [2.45, 2.75) is 37.8 Å². The number of methoxy groups -OCH3 is 1. The Hall–Kier alpha value is -4.32. The lowest BCUT2D eigenvalue weighted by Gasteiger charge is -2.32. The lowest BCUT2D eigenvalue weighted by Crippen LogP contribution is -2.51. The minimum absolute atomic E-state index is 0.0326. The molecule has 10 nitrogen and oxygen atoms in total. The van der Waals surface area contributed by atoms with Gasteiger partial charge in [-0.3, -0.25) is 13.9 Å². The normalized spacial score (nSPS) is 13.1. The van der Waals surface area contributed by atoms with Crippen LogP contribution in [0, 0.1) is 5.82 Å². The molecule has 12 heteroatoms. The quantitative estimate of drug-likeness (QED) is 0.337. The van der Waals surface area contributed by atoms with E-state index in [1.54, 1.807) is 31.2 Å². The molecule has 1 heterocycles. The summed E-state index contributed by atoms with van der Waals surface area (Å²) in [4.78, 5) is 28.1. The van der Waals surface area contributed by atoms with Crippen LogP contribution in [0.15, 0.2) is 71.6 Å². The van der Waals surface area contributed by atoms with Crippen molar-refractivity contribution in [2.24, 2.45) is 0 Å². The lowest BCUT2D eigenvalue weighted by atomic mass is 10.1. The number of hydrogen-bond donors (Lipinski definition) is 1. The molecule has 0 aromatic heterocycles. The van der Waals surface area contributed by atoms with Gasteiger partial charge in [-0.05, 0) is 67.4 Å². The standard InChI is InChI=1S/C30H34FN3O7S/c1-4-15-32-30(36)21(2)33(19-22-5-11-25(39-3)12-6-22)29(35)20-34(24-9-7-23(31)8-10-24)42(37,38)26-13-14-27-28(18-26)41-17-16-40-27/h5-14,18,21H,4,15-17,19-20H2,1-3H3,(H,32,36). The Morgan fingerprint density at radius 3 is 2.31 bits per heavy atom. The first-order valence-electron chi connectivity index (χ1n) is 13.5. The van der Waals surface area contributed by atoms with E-state index < -0.39 is 34.3 Å². The number of amides is 2. The van der Waals surface area contributed by atoms with Gasteiger partial charge >= 0.3 is 0 Å². The molecule has 1 atom stereocenters. The molecule has 0 spiro atoms. The molecule has 224 valence electrons. The van der Waals surface area contributed by atoms with Crippen molar-refractivity contribution in [3.05, 3.63) is 78.1 Å². The van der Waals surface area contributed by atoms with E-state index in [-0.39, 0.29) is 35.4 Å². The molecule has 2 amide bonds. The number of nitrogens with one attached hydrogen (secondary N) is 1. The summed E-state index contributed by atoms with van der Waals surface area (Å²) in [6, 6.07) is 15.0. The fraction of sp³-hybridized carbons (Fsp3) is 0.333. The second-order valence-corrected chi connectivity index (χ2v) is 11.5. The third-order valence-electron chi connectivity index (χ3n) is 6.72. The van der Waals surface area contributed by atoms with E-state index in [2.05, 4.69) is 5.32 Å². The van der Waals surface area contributed by atoms with E-state index in [9.17, 15) is 22.4 Å². The third kappa shape index (κ3) is 7.11. The Balaban J connectivity index is 1.70. The van der Waals surface area contributed by atoms with Gasteiger partial charge < -0.3 is 24.4 Å². The van der Waals surface area contributed by atoms with Crippen LogP contribution in [-0.2, 0) is 26.2 Å². The van der Waals surface area contributed by atoms with Crippen LogP contribution < -0.4 is 23.8 Å². The summed E-state index contributed by atoms with van der Waals surface area (Å²) in [7, 11) is -2.82. The summed E-state index contributed by atoms with van der Waals surface area (Å²) in [6.07, 6.45) is 0.705. The zero-order valence-electron chi connectivity index (χ0n) is 23.7. The van der Waals surface area contributed by atoms with Gasteiger partial charge in [0.05, 0.1) is 17.7 Å². The number of fused-ring (bicyclic) bond motifs is 1. The predicted octanol–water partition coefficient (Wildman–Crippen LogP) is 3.74. The molecule has 1 N–H and O–H groups in total. The number of benzene rings is 3. The van der Waals surface area contributed by atoms with Gasteiger partial charge in [0, 0.05) is 19.2 Å². The zero-order valence-corrected chi connectivity index (χ0v) is 24.5. The number of anilines is 1. The molecule has 1 unspecified atom stereocenters. The van der Waals surface area contributed by atoms with Gasteiger partial charge in [0.1, 0.15) is 37.4 Å². The number of nitrogens with zero attached hydrogens (tertiary/aromatic N) is 2. The van der Waals surface area contributed by atoms with Crippen molar-refractivity contribution in [1.82, 2.24) is 10.2 Å². The number of ether oxygens (including phenoxy) is 3. The Morgan fingerprint density at radius 2 is 1.67 bits per heavy atom. The Labute approximate surface area is 245 Å². The maximum Gasteiger partial charge on any atom is 0.264 e. The lowest BCUT2D eigenvalue weighted by molar-refractivity contribution is -0.139. The van der Waals surface area contributed by atoms with E-state index in [4.69, 9.17) is 14.2 Å². The first kappa shape index (κ1) is 30.6. The molecule has 0 bridgehead atoms. The van der Waals surface area contributed by atoms with Crippen molar-refractivity contribution in [1.29, 1.82) is 0 Å². The number of sulfonamides is 1. The topological polar surface area (TPSA) is 114 Å². The van der Waals surface area contributed by atoms with E-state index in [0.29, 0.717) is 36.6 Å². The summed E-state index contributed by atoms with van der Waals surface area (Å²) < 4.78 is 59.0. The summed E-state index contributed by atoms with van der Waals surface area (Å²) in [6.45, 7) is 3.90. The van der Waals surface area contributed by atoms with Gasteiger partial charge in [0.2, 0.25) is 11.8 Å². The fourth-order valence-electron chi connectivity index (χ4n) is 4.35. The van der Waals surface area contributed by atoms with E-state index in [1.165, 1.54) is 42.3 Å². The van der Waals surface area contributed by atoms with Crippen molar-refractivity contribution < 1.29 is 36.6 Å². The van der Waals surface area contributed by atoms with Crippen molar-refractivity contribution >= 4 is 27.5 Å². The monoisotopic (exact) mass is 599 g/mol. The molecule has 0 saturated heterocycles. The molecular weight excluding hydrogens is 565 g/mol. The zero-order chi connectivity index (χ0) is 30.3. The summed E-state index contributed by atoms with van der Waals surface area (Å²) in [5.41, 5.74) is 0.787. The second kappa shape index (κ2) is 13.6. The maximum atomic E-state index is 14.0. The van der Waals surface area contributed by atoms with Crippen molar-refractivity contribution in [2.75, 3.05) is 37.7 Å². The first-order valence-corrected chi connectivity index (χ1v) is 15.0. The first-order chi connectivity index (χ1) is 20.1. The molecule has 4 rings (SSSR count). The Morgan fingerprint density at radius 1 is 1.00 bits per heavy atom. The molecule has 1 aliphatic rings. The van der Waals surface area contributed by atoms with Crippen LogP contribution in [0.4, 0.5) is 10.1 Å². The van der Waals surface area contributed by atoms with Crippen LogP contribution in [0.2, 0.25) is 0 Å². The molecule has 3 aromatic rings. The van der Waals surface area contributed by atoms with E-state index in [0.717, 1.165) is 16.4 Å². The third-order valence-corrected chi connectivity index (χ3v) is 8.49. The highest BCUT2D eigenvalue weighted by atomic mass is 32.2. The fourth-order valence-corrected chi connectivity index (χ4v) is 5.78. The predicted molar refractivity (Wildman–Crippen MR) is 155 cm³/mol. The second-order valence-electron chi connectivity index (χ2n) is 9.63. The Bertz CT molecular complexity index is 1500. The van der Waals surface area contributed by atoms with E-state index >= 15 is 0 Å². The maximum absolute atomic E-state index is 14.0. The molecule has 0 radical (unpaired) electrons. The minimum Gasteiger partial charge on any atom is -0.497 e. The van der Waals surface area contributed by atoms with Gasteiger partial charge in [-0.2, -0.15) is 0 Å². The molecule has 0 aliphatic carbocycles.